The minimum absolute atomic E-state index is 0.558. The average Bonchev–Trinajstić information content (AvgIpc) is 3.20. The molecule has 1 aromatic rings. The largest absolute Gasteiger partial charge is 0.301 e. The van der Waals surface area contributed by atoms with E-state index < -0.39 is 0 Å². The van der Waals surface area contributed by atoms with E-state index in [2.05, 4.69) is 61.9 Å². The van der Waals surface area contributed by atoms with Gasteiger partial charge in [0, 0.05) is 31.2 Å². The van der Waals surface area contributed by atoms with Crippen molar-refractivity contribution in [2.24, 2.45) is 0 Å². The Hall–Kier alpha value is -0.860. The van der Waals surface area contributed by atoms with E-state index in [0.717, 1.165) is 12.1 Å². The third-order valence-corrected chi connectivity index (χ3v) is 4.98. The fraction of sp³-hybridized carbons (Fsp3) is 0.647. The smallest absolute Gasteiger partial charge is 0.0324 e. The number of likely N-dealkylation sites (N-methyl/N-ethyl adjacent to an activating group) is 1. The van der Waals surface area contributed by atoms with Crippen LogP contribution in [0.4, 0.5) is 0 Å². The van der Waals surface area contributed by atoms with Gasteiger partial charge in [0.05, 0.1) is 0 Å². The van der Waals surface area contributed by atoms with E-state index in [-0.39, 0.29) is 0 Å². The monoisotopic (exact) mass is 258 g/mol. The summed E-state index contributed by atoms with van der Waals surface area (Å²) in [5.41, 5.74) is 2.95. The van der Waals surface area contributed by atoms with Crippen LogP contribution < -0.4 is 0 Å². The first-order valence-electron chi connectivity index (χ1n) is 7.63. The van der Waals surface area contributed by atoms with E-state index in [0.29, 0.717) is 12.0 Å². The lowest BCUT2D eigenvalue weighted by molar-refractivity contribution is 0.114. The van der Waals surface area contributed by atoms with Crippen LogP contribution in [0, 0.1) is 0 Å². The molecule has 0 aromatic heterocycles. The Kier molecular flexibility index (Phi) is 3.40. The number of piperazine rings is 1. The lowest BCUT2D eigenvalue weighted by Crippen LogP contribution is -2.45. The first kappa shape index (κ1) is 13.1. The molecule has 2 aliphatic rings. The number of rotatable bonds is 3. The molecule has 0 amide bonds. The maximum absolute atomic E-state index is 2.71. The van der Waals surface area contributed by atoms with Gasteiger partial charge >= 0.3 is 0 Å². The summed E-state index contributed by atoms with van der Waals surface area (Å²) in [6, 6.07) is 11.4. The molecule has 1 saturated heterocycles. The molecule has 0 N–H and O–H groups in total. The Balaban J connectivity index is 1.77. The van der Waals surface area contributed by atoms with E-state index in [1.54, 1.807) is 0 Å². The van der Waals surface area contributed by atoms with Gasteiger partial charge in [-0.15, -0.1) is 0 Å². The summed E-state index contributed by atoms with van der Waals surface area (Å²) >= 11 is 0. The molecule has 0 spiro atoms. The lowest BCUT2D eigenvalue weighted by atomic mass is 9.97. The summed E-state index contributed by atoms with van der Waals surface area (Å²) in [6.07, 6.45) is 1.37. The number of benzene rings is 1. The van der Waals surface area contributed by atoms with Crippen LogP contribution in [0.15, 0.2) is 24.3 Å². The molecule has 2 nitrogen and oxygen atoms in total. The molecule has 3 unspecified atom stereocenters. The average molecular weight is 258 g/mol. The third kappa shape index (κ3) is 2.44. The van der Waals surface area contributed by atoms with E-state index in [9.17, 15) is 0 Å². The normalized spacial score (nSPS) is 29.3. The highest BCUT2D eigenvalue weighted by molar-refractivity contribution is 5.28. The quantitative estimate of drug-likeness (QED) is 0.821. The first-order valence-corrected chi connectivity index (χ1v) is 7.63. The van der Waals surface area contributed by atoms with Gasteiger partial charge in [-0.1, -0.05) is 38.1 Å². The summed E-state index contributed by atoms with van der Waals surface area (Å²) in [7, 11) is 2.27. The molecular formula is C17H26N2. The topological polar surface area (TPSA) is 6.48 Å². The highest BCUT2D eigenvalue weighted by atomic mass is 15.4. The molecule has 3 rings (SSSR count). The summed E-state index contributed by atoms with van der Waals surface area (Å²) in [5, 5.41) is 0. The molecule has 1 aliphatic carbocycles. The van der Waals surface area contributed by atoms with Crippen molar-refractivity contribution in [1.82, 2.24) is 9.80 Å². The molecule has 1 aromatic carbocycles. The van der Waals surface area contributed by atoms with E-state index in [4.69, 9.17) is 0 Å². The van der Waals surface area contributed by atoms with Crippen molar-refractivity contribution >= 4 is 0 Å². The Morgan fingerprint density at radius 2 is 1.79 bits per heavy atom. The van der Waals surface area contributed by atoms with Crippen LogP contribution >= 0.6 is 0 Å². The highest BCUT2D eigenvalue weighted by Crippen LogP contribution is 2.40. The van der Waals surface area contributed by atoms with Crippen molar-refractivity contribution in [1.29, 1.82) is 0 Å². The molecule has 19 heavy (non-hydrogen) atoms. The third-order valence-electron chi connectivity index (χ3n) is 4.98. The highest BCUT2D eigenvalue weighted by Gasteiger charge is 2.48. The molecule has 104 valence electrons. The Labute approximate surface area is 117 Å². The molecule has 1 heterocycles. The predicted molar refractivity (Wildman–Crippen MR) is 80.5 cm³/mol. The number of hydrogen-bond donors (Lipinski definition) is 0. The van der Waals surface area contributed by atoms with Crippen molar-refractivity contribution in [3.63, 3.8) is 0 Å². The molecule has 0 bridgehead atoms. The Morgan fingerprint density at radius 3 is 2.53 bits per heavy atom. The molecule has 2 heteroatoms. The number of hydrogen-bond acceptors (Lipinski definition) is 2. The zero-order valence-corrected chi connectivity index (χ0v) is 12.6. The fourth-order valence-corrected chi connectivity index (χ4v) is 3.45. The van der Waals surface area contributed by atoms with Crippen LogP contribution in [0.25, 0.3) is 0 Å². The second-order valence-electron chi connectivity index (χ2n) is 6.59. The Morgan fingerprint density at radius 1 is 1.05 bits per heavy atom. The molecule has 1 aliphatic heterocycles. The molecule has 1 saturated carbocycles. The second kappa shape index (κ2) is 4.92. The SMILES string of the molecule is CC(C)c1cccc(C(C)N2CCN(C)C3CC32)c1. The van der Waals surface area contributed by atoms with Gasteiger partial charge in [-0.25, -0.2) is 0 Å². The van der Waals surface area contributed by atoms with Gasteiger partial charge in [-0.05, 0) is 37.4 Å². The van der Waals surface area contributed by atoms with E-state index in [1.165, 1.54) is 30.6 Å². The molecule has 2 fully saturated rings. The summed E-state index contributed by atoms with van der Waals surface area (Å²) in [6.45, 7) is 9.35. The zero-order chi connectivity index (χ0) is 13.6. The van der Waals surface area contributed by atoms with E-state index in [1.807, 2.05) is 0 Å². The van der Waals surface area contributed by atoms with Crippen molar-refractivity contribution in [3.05, 3.63) is 35.4 Å². The Bertz CT molecular complexity index is 454. The van der Waals surface area contributed by atoms with Gasteiger partial charge in [-0.3, -0.25) is 4.90 Å². The van der Waals surface area contributed by atoms with Crippen molar-refractivity contribution in [3.8, 4) is 0 Å². The van der Waals surface area contributed by atoms with Gasteiger partial charge in [0.1, 0.15) is 0 Å². The van der Waals surface area contributed by atoms with Gasteiger partial charge in [-0.2, -0.15) is 0 Å². The molecule has 0 radical (unpaired) electrons. The lowest BCUT2D eigenvalue weighted by Gasteiger charge is -2.36. The van der Waals surface area contributed by atoms with Gasteiger partial charge in [0.25, 0.3) is 0 Å². The molecule has 3 atom stereocenters. The van der Waals surface area contributed by atoms with Crippen molar-refractivity contribution in [2.45, 2.75) is 51.2 Å². The van der Waals surface area contributed by atoms with Gasteiger partial charge < -0.3 is 4.90 Å². The fourth-order valence-electron chi connectivity index (χ4n) is 3.45. The van der Waals surface area contributed by atoms with Crippen LogP contribution in [0.2, 0.25) is 0 Å². The summed E-state index contributed by atoms with van der Waals surface area (Å²) in [5.74, 6) is 0.619. The summed E-state index contributed by atoms with van der Waals surface area (Å²) < 4.78 is 0. The van der Waals surface area contributed by atoms with Crippen LogP contribution in [-0.2, 0) is 0 Å². The van der Waals surface area contributed by atoms with Crippen molar-refractivity contribution < 1.29 is 0 Å². The van der Waals surface area contributed by atoms with Crippen molar-refractivity contribution in [2.75, 3.05) is 20.1 Å². The minimum Gasteiger partial charge on any atom is -0.301 e. The second-order valence-corrected chi connectivity index (χ2v) is 6.59. The first-order chi connectivity index (χ1) is 9.08. The summed E-state index contributed by atoms with van der Waals surface area (Å²) in [4.78, 5) is 5.24. The minimum atomic E-state index is 0.558. The number of fused-ring (bicyclic) bond motifs is 1. The van der Waals surface area contributed by atoms with E-state index >= 15 is 0 Å². The van der Waals surface area contributed by atoms with Crippen LogP contribution in [-0.4, -0.2) is 42.0 Å². The molecular weight excluding hydrogens is 232 g/mol. The van der Waals surface area contributed by atoms with Crippen LogP contribution in [0.1, 0.15) is 50.3 Å². The van der Waals surface area contributed by atoms with Crippen LogP contribution in [0.3, 0.4) is 0 Å². The van der Waals surface area contributed by atoms with Crippen LogP contribution in [0.5, 0.6) is 0 Å². The maximum atomic E-state index is 2.71. The maximum Gasteiger partial charge on any atom is 0.0324 e. The predicted octanol–water partition coefficient (Wildman–Crippen LogP) is 3.26. The van der Waals surface area contributed by atoms with Gasteiger partial charge in [0.15, 0.2) is 0 Å². The standard InChI is InChI=1S/C17H26N2/c1-12(2)14-6-5-7-15(10-14)13(3)19-9-8-18(4)16-11-17(16)19/h5-7,10,12-13,16-17H,8-9,11H2,1-4H3. The van der Waals surface area contributed by atoms with Gasteiger partial charge in [0.2, 0.25) is 0 Å². The number of nitrogens with zero attached hydrogens (tertiary/aromatic N) is 2. The zero-order valence-electron chi connectivity index (χ0n) is 12.6.